The molecule has 0 aliphatic heterocycles. The van der Waals surface area contributed by atoms with E-state index in [9.17, 15) is 2.74 Å². The van der Waals surface area contributed by atoms with Gasteiger partial charge in [0.25, 0.3) is 0 Å². The van der Waals surface area contributed by atoms with Crippen LogP contribution >= 0.6 is 0 Å². The van der Waals surface area contributed by atoms with Crippen molar-refractivity contribution in [3.05, 3.63) is 242 Å². The van der Waals surface area contributed by atoms with Gasteiger partial charge >= 0.3 is 0 Å². The van der Waals surface area contributed by atoms with Crippen molar-refractivity contribution in [2.75, 3.05) is 0 Å². The van der Waals surface area contributed by atoms with Crippen molar-refractivity contribution in [2.45, 2.75) is 0 Å². The number of rotatable bonds is 7. The van der Waals surface area contributed by atoms with Crippen LogP contribution in [0, 0.1) is 0 Å². The summed E-state index contributed by atoms with van der Waals surface area (Å²) in [7, 11) is 0. The van der Waals surface area contributed by atoms with Crippen molar-refractivity contribution in [1.29, 1.82) is 0 Å². The maximum Gasteiger partial charge on any atom is 0.166 e. The normalized spacial score (nSPS) is 13.2. The molecule has 0 spiro atoms. The molecule has 0 radical (unpaired) electrons. The Bertz CT molecular complexity index is 5130. The maximum atomic E-state index is 9.30. The maximum absolute atomic E-state index is 9.30. The minimum atomic E-state index is -0.477. The molecule has 340 valence electrons. The molecule has 0 aliphatic rings. The summed E-state index contributed by atoms with van der Waals surface area (Å²) in [5.41, 5.74) is 11.5. The minimum absolute atomic E-state index is 0.0485. The average Bonchev–Trinajstić information content (AvgIpc) is 4.32. The van der Waals surface area contributed by atoms with Crippen LogP contribution in [0.15, 0.2) is 251 Å². The van der Waals surface area contributed by atoms with Crippen molar-refractivity contribution in [1.82, 2.24) is 19.5 Å². The van der Waals surface area contributed by atoms with Crippen LogP contribution in [0.1, 0.15) is 9.60 Å². The highest BCUT2D eigenvalue weighted by atomic mass is 16.3. The Hall–Kier alpha value is -9.91. The molecule has 0 fully saturated rings. The number of fused-ring (bicyclic) bond motifs is 10. The van der Waals surface area contributed by atoms with E-state index in [0.717, 1.165) is 93.6 Å². The van der Waals surface area contributed by atoms with Gasteiger partial charge in [0, 0.05) is 60.1 Å². The Morgan fingerprint density at radius 1 is 0.315 bits per heavy atom. The van der Waals surface area contributed by atoms with Crippen molar-refractivity contribution in [3.63, 3.8) is 0 Å². The standard InChI is InChI=1S/C67H40N4O2/c1-2-17-41(18-3-1)45-25-13-29-49-48(45)28-16-32-55(49)66-68-65(69-67(70-66)56-24-6-10-35-60(56)71-58-33-8-4-21-50(58)51-22-5-9-34-59(51)71)44-20-12-19-42(39-44)46-26-15-31-54-57-40-43(37-38-62(57)73-64(46)54)47-27-14-30-53-52-23-7-11-36-61(52)72-63(47)53/h1-40H/i4D,5D,8D,21D,22D,33D,34D. The molecule has 0 bridgehead atoms. The first-order valence-electron chi connectivity index (χ1n) is 27.5. The Labute approximate surface area is 428 Å². The number of hydrogen-bond acceptors (Lipinski definition) is 5. The third-order valence-electron chi connectivity index (χ3n) is 14.0. The SMILES string of the molecule is [2H]c1cc([2H])c2c(c1[2H])c1c([2H])c([2H])c([2H])c([2H])c1n2-c1ccccc1-c1nc(-c2cccc(-c3cccc4c3oc3ccc(-c5cccc6c5oc5ccccc56)cc34)c2)nc(-c2cccc3c(-c4ccccc4)cccc23)n1. The lowest BCUT2D eigenvalue weighted by Crippen LogP contribution is -2.04. The first kappa shape index (κ1) is 34.4. The third kappa shape index (κ3) is 6.54. The molecule has 0 saturated heterocycles. The van der Waals surface area contributed by atoms with Gasteiger partial charge in [-0.15, -0.1) is 0 Å². The Kier molecular flexibility index (Phi) is 7.70. The van der Waals surface area contributed by atoms with Gasteiger partial charge in [0.15, 0.2) is 17.5 Å². The Morgan fingerprint density at radius 2 is 0.849 bits per heavy atom. The van der Waals surface area contributed by atoms with E-state index in [0.29, 0.717) is 28.5 Å². The second-order valence-electron chi connectivity index (χ2n) is 18.1. The summed E-state index contributed by atoms with van der Waals surface area (Å²) >= 11 is 0. The quantitative estimate of drug-likeness (QED) is 0.159. The molecule has 0 amide bonds. The fourth-order valence-electron chi connectivity index (χ4n) is 10.7. The fraction of sp³-hybridized carbons (Fsp3) is 0. The van der Waals surface area contributed by atoms with Crippen LogP contribution < -0.4 is 0 Å². The molecule has 0 N–H and O–H groups in total. The van der Waals surface area contributed by atoms with Crippen LogP contribution in [0.5, 0.6) is 0 Å². The van der Waals surface area contributed by atoms with E-state index >= 15 is 0 Å². The van der Waals surface area contributed by atoms with Crippen LogP contribution in [0.3, 0.4) is 0 Å². The first-order valence-corrected chi connectivity index (χ1v) is 24.0. The smallest absolute Gasteiger partial charge is 0.166 e. The predicted octanol–water partition coefficient (Wildman–Crippen LogP) is 17.9. The number of benzene rings is 11. The topological polar surface area (TPSA) is 69.9 Å². The lowest BCUT2D eigenvalue weighted by atomic mass is 9.95. The second kappa shape index (κ2) is 16.3. The lowest BCUT2D eigenvalue weighted by Gasteiger charge is -2.15. The van der Waals surface area contributed by atoms with Gasteiger partial charge < -0.3 is 13.4 Å². The first-order chi connectivity index (χ1) is 39.1. The summed E-state index contributed by atoms with van der Waals surface area (Å²) in [5.74, 6) is 0.991. The highest BCUT2D eigenvalue weighted by Gasteiger charge is 2.22. The zero-order valence-electron chi connectivity index (χ0n) is 45.7. The lowest BCUT2D eigenvalue weighted by molar-refractivity contribution is 0.669. The van der Waals surface area contributed by atoms with Crippen molar-refractivity contribution < 1.29 is 18.4 Å². The van der Waals surface area contributed by atoms with Crippen molar-refractivity contribution >= 4 is 76.5 Å². The van der Waals surface area contributed by atoms with Gasteiger partial charge in [0.1, 0.15) is 22.3 Å². The molecule has 11 aromatic carbocycles. The van der Waals surface area contributed by atoms with Crippen molar-refractivity contribution in [2.24, 2.45) is 0 Å². The molecule has 6 heteroatoms. The molecule has 6 nitrogen and oxygen atoms in total. The molecule has 0 atom stereocenters. The molecular weight excluding hydrogens is 893 g/mol. The van der Waals surface area contributed by atoms with Crippen LogP contribution in [0.2, 0.25) is 0 Å². The highest BCUT2D eigenvalue weighted by Crippen LogP contribution is 2.43. The summed E-state index contributed by atoms with van der Waals surface area (Å²) < 4.78 is 77.6. The van der Waals surface area contributed by atoms with Gasteiger partial charge in [-0.25, -0.2) is 15.0 Å². The number of aromatic nitrogens is 4. The van der Waals surface area contributed by atoms with Crippen molar-refractivity contribution in [3.8, 4) is 73.2 Å². The van der Waals surface area contributed by atoms with E-state index in [1.54, 1.807) is 16.7 Å². The zero-order chi connectivity index (χ0) is 54.1. The second-order valence-corrected chi connectivity index (χ2v) is 18.1. The van der Waals surface area contributed by atoms with E-state index in [2.05, 4.69) is 72.8 Å². The van der Waals surface area contributed by atoms with E-state index < -0.39 is 12.1 Å². The van der Waals surface area contributed by atoms with E-state index in [4.69, 9.17) is 30.6 Å². The number of nitrogens with zero attached hydrogens (tertiary/aromatic N) is 4. The summed E-state index contributed by atoms with van der Waals surface area (Å²) in [5, 5.41) is 6.10. The summed E-state index contributed by atoms with van der Waals surface area (Å²) in [4.78, 5) is 15.9. The van der Waals surface area contributed by atoms with E-state index in [-0.39, 0.29) is 57.8 Å². The molecule has 4 aromatic heterocycles. The summed E-state index contributed by atoms with van der Waals surface area (Å²) in [6, 6.07) is 63.6. The molecule has 0 saturated carbocycles. The molecule has 73 heavy (non-hydrogen) atoms. The fourth-order valence-corrected chi connectivity index (χ4v) is 10.7. The number of hydrogen-bond donors (Lipinski definition) is 0. The van der Waals surface area contributed by atoms with E-state index in [1.165, 1.54) is 6.07 Å². The van der Waals surface area contributed by atoms with Gasteiger partial charge in [0.05, 0.1) is 26.3 Å². The largest absolute Gasteiger partial charge is 0.455 e. The molecule has 15 rings (SSSR count). The van der Waals surface area contributed by atoms with Crippen LogP contribution in [-0.4, -0.2) is 19.5 Å². The average molecular weight is 940 g/mol. The highest BCUT2D eigenvalue weighted by molar-refractivity contribution is 6.14. The molecule has 0 unspecified atom stereocenters. The van der Waals surface area contributed by atoms with Crippen LogP contribution in [0.4, 0.5) is 0 Å². The van der Waals surface area contributed by atoms with Crippen LogP contribution in [0.25, 0.3) is 150 Å². The predicted molar refractivity (Wildman–Crippen MR) is 299 cm³/mol. The zero-order valence-corrected chi connectivity index (χ0v) is 38.7. The van der Waals surface area contributed by atoms with Crippen LogP contribution in [-0.2, 0) is 0 Å². The number of para-hydroxylation sites is 6. The number of furan rings is 2. The molecule has 15 aromatic rings. The minimum Gasteiger partial charge on any atom is -0.455 e. The monoisotopic (exact) mass is 939 g/mol. The molecular formula is C67H40N4O2. The Balaban J connectivity index is 0.932. The Morgan fingerprint density at radius 3 is 1.67 bits per heavy atom. The summed E-state index contributed by atoms with van der Waals surface area (Å²) in [6.07, 6.45) is 0. The molecule has 0 aliphatic carbocycles. The molecule has 4 heterocycles. The van der Waals surface area contributed by atoms with Gasteiger partial charge in [-0.05, 0) is 81.5 Å². The van der Waals surface area contributed by atoms with Gasteiger partial charge in [0.2, 0.25) is 0 Å². The van der Waals surface area contributed by atoms with Gasteiger partial charge in [-0.2, -0.15) is 0 Å². The van der Waals surface area contributed by atoms with E-state index in [1.807, 2.05) is 109 Å². The third-order valence-corrected chi connectivity index (χ3v) is 14.0. The summed E-state index contributed by atoms with van der Waals surface area (Å²) in [6.45, 7) is 0. The van der Waals surface area contributed by atoms with Gasteiger partial charge in [-0.1, -0.05) is 194 Å². The van der Waals surface area contributed by atoms with Gasteiger partial charge in [-0.3, -0.25) is 0 Å².